The van der Waals surface area contributed by atoms with E-state index >= 15 is 0 Å². The number of carbonyl (C=O) groups excluding carboxylic acids is 2. The highest BCUT2D eigenvalue weighted by Crippen LogP contribution is 2.32. The molecule has 0 radical (unpaired) electrons. The molecular weight excluding hydrogens is 402 g/mol. The fourth-order valence-corrected chi connectivity index (χ4v) is 3.69. The summed E-state index contributed by atoms with van der Waals surface area (Å²) in [6.07, 6.45) is 0.322. The lowest BCUT2D eigenvalue weighted by Crippen LogP contribution is -2.35. The molecule has 9 nitrogen and oxygen atoms in total. The number of carboxylic acid groups (broad SMARTS) is 1. The first kappa shape index (κ1) is 21.9. The first-order chi connectivity index (χ1) is 14.5. The smallest absolute Gasteiger partial charge is 0.311 e. The molecule has 2 aromatic carbocycles. The summed E-state index contributed by atoms with van der Waals surface area (Å²) in [5.74, 6) is -1.92. The number of amides is 1. The van der Waals surface area contributed by atoms with Gasteiger partial charge >= 0.3 is 5.97 Å². The fourth-order valence-electron chi connectivity index (χ4n) is 3.69. The summed E-state index contributed by atoms with van der Waals surface area (Å²) in [5.41, 5.74) is -0.538. The second-order valence-corrected chi connectivity index (χ2v) is 8.07. The quantitative estimate of drug-likeness (QED) is 0.429. The molecule has 1 amide bonds. The third-order valence-electron chi connectivity index (χ3n) is 5.60. The molecule has 1 fully saturated rings. The van der Waals surface area contributed by atoms with Gasteiger partial charge in [0.05, 0.1) is 15.9 Å². The molecule has 0 aromatic heterocycles. The number of hydrogen-bond acceptors (Lipinski definition) is 6. The zero-order valence-corrected chi connectivity index (χ0v) is 17.5. The van der Waals surface area contributed by atoms with Crippen molar-refractivity contribution >= 4 is 29.0 Å². The zero-order chi connectivity index (χ0) is 22.9. The summed E-state index contributed by atoms with van der Waals surface area (Å²) >= 11 is 0. The third-order valence-corrected chi connectivity index (χ3v) is 5.60. The molecule has 162 valence electrons. The summed E-state index contributed by atoms with van der Waals surface area (Å²) in [6.45, 7) is 1.91. The van der Waals surface area contributed by atoms with Crippen LogP contribution < -0.4 is 4.90 Å². The van der Waals surface area contributed by atoms with Gasteiger partial charge in [-0.25, -0.2) is 0 Å². The van der Waals surface area contributed by atoms with E-state index in [1.165, 1.54) is 35.2 Å². The van der Waals surface area contributed by atoms with E-state index in [2.05, 4.69) is 0 Å². The molecule has 31 heavy (non-hydrogen) atoms. The number of aliphatic carboxylic acids is 1. The number of nitrogens with zero attached hydrogens (tertiary/aromatic N) is 3. The van der Waals surface area contributed by atoms with Gasteiger partial charge in [0.25, 0.3) is 11.6 Å². The lowest BCUT2D eigenvalue weighted by Gasteiger charge is -2.21. The highest BCUT2D eigenvalue weighted by Gasteiger charge is 2.42. The van der Waals surface area contributed by atoms with Gasteiger partial charge in [-0.05, 0) is 31.5 Å². The van der Waals surface area contributed by atoms with Crippen LogP contribution in [0.15, 0.2) is 42.5 Å². The molecule has 1 atom stereocenters. The summed E-state index contributed by atoms with van der Waals surface area (Å²) in [6, 6.07) is 10.4. The van der Waals surface area contributed by atoms with Gasteiger partial charge < -0.3 is 14.9 Å². The van der Waals surface area contributed by atoms with Crippen LogP contribution in [0.3, 0.4) is 0 Å². The molecular formula is C22H23N3O6. The van der Waals surface area contributed by atoms with Gasteiger partial charge in [0, 0.05) is 44.4 Å². The Morgan fingerprint density at radius 1 is 1.13 bits per heavy atom. The predicted molar refractivity (Wildman–Crippen MR) is 114 cm³/mol. The molecule has 0 saturated carbocycles. The molecule has 1 unspecified atom stereocenters. The van der Waals surface area contributed by atoms with Gasteiger partial charge in [0.1, 0.15) is 5.69 Å². The highest BCUT2D eigenvalue weighted by atomic mass is 16.6. The Hall–Kier alpha value is -3.75. The summed E-state index contributed by atoms with van der Waals surface area (Å²) < 4.78 is 0. The van der Waals surface area contributed by atoms with Crippen molar-refractivity contribution < 1.29 is 24.4 Å². The van der Waals surface area contributed by atoms with E-state index in [0.29, 0.717) is 12.1 Å². The Balaban J connectivity index is 1.96. The second kappa shape index (κ2) is 8.17. The first-order valence-electron chi connectivity index (χ1n) is 9.67. The lowest BCUT2D eigenvalue weighted by atomic mass is 9.90. The van der Waals surface area contributed by atoms with Crippen LogP contribution in [0.2, 0.25) is 0 Å². The standard InChI is InChI=1S/C22H23N3O6/c1-22(21(28)29)10-11-24(13-22)20(27)16-7-5-4-6-15(16)19(26)14-8-9-17(23(2)3)18(12-14)25(30)31/h4-9,12H,10-11,13H2,1-3H3,(H,28,29). The molecule has 1 heterocycles. The molecule has 1 aliphatic rings. The van der Waals surface area contributed by atoms with E-state index in [1.807, 2.05) is 0 Å². The van der Waals surface area contributed by atoms with Gasteiger partial charge in [-0.3, -0.25) is 24.5 Å². The molecule has 0 bridgehead atoms. The van der Waals surface area contributed by atoms with Crippen LogP contribution in [0.5, 0.6) is 0 Å². The summed E-state index contributed by atoms with van der Waals surface area (Å²) in [5, 5.41) is 20.9. The number of carboxylic acids is 1. The van der Waals surface area contributed by atoms with Crippen molar-refractivity contribution in [3.05, 3.63) is 69.3 Å². The normalized spacial score (nSPS) is 18.0. The maximum Gasteiger partial charge on any atom is 0.311 e. The van der Waals surface area contributed by atoms with Crippen LogP contribution in [0.4, 0.5) is 11.4 Å². The minimum Gasteiger partial charge on any atom is -0.481 e. The summed E-state index contributed by atoms with van der Waals surface area (Å²) in [4.78, 5) is 51.7. The molecule has 2 aromatic rings. The number of nitro benzene ring substituents is 1. The van der Waals surface area contributed by atoms with Crippen LogP contribution in [-0.4, -0.2) is 59.8 Å². The average molecular weight is 425 g/mol. The average Bonchev–Trinajstić information content (AvgIpc) is 3.15. The molecule has 9 heteroatoms. The minimum atomic E-state index is -1.03. The van der Waals surface area contributed by atoms with Crippen molar-refractivity contribution in [2.24, 2.45) is 5.41 Å². The van der Waals surface area contributed by atoms with Crippen LogP contribution in [0.25, 0.3) is 0 Å². The highest BCUT2D eigenvalue weighted by molar-refractivity contribution is 6.15. The molecule has 1 saturated heterocycles. The maximum absolute atomic E-state index is 13.2. The van der Waals surface area contributed by atoms with Crippen molar-refractivity contribution in [1.29, 1.82) is 0 Å². The number of benzene rings is 2. The topological polar surface area (TPSA) is 121 Å². The second-order valence-electron chi connectivity index (χ2n) is 8.07. The maximum atomic E-state index is 13.2. The van der Waals surface area contributed by atoms with Crippen molar-refractivity contribution in [3.63, 3.8) is 0 Å². The van der Waals surface area contributed by atoms with Crippen LogP contribution >= 0.6 is 0 Å². The Bertz CT molecular complexity index is 1080. The Kier molecular flexibility index (Phi) is 5.79. The van der Waals surface area contributed by atoms with Crippen LogP contribution in [0, 0.1) is 15.5 Å². The van der Waals surface area contributed by atoms with Crippen molar-refractivity contribution in [2.75, 3.05) is 32.1 Å². The number of carbonyl (C=O) groups is 3. The monoisotopic (exact) mass is 425 g/mol. The first-order valence-corrected chi connectivity index (χ1v) is 9.67. The zero-order valence-electron chi connectivity index (χ0n) is 17.5. The molecule has 0 spiro atoms. The largest absolute Gasteiger partial charge is 0.481 e. The number of likely N-dealkylation sites (tertiary alicyclic amines) is 1. The van der Waals surface area contributed by atoms with E-state index in [9.17, 15) is 29.6 Å². The third kappa shape index (κ3) is 4.11. The molecule has 0 aliphatic carbocycles. The van der Waals surface area contributed by atoms with Crippen molar-refractivity contribution in [2.45, 2.75) is 13.3 Å². The SMILES string of the molecule is CN(C)c1ccc(C(=O)c2ccccc2C(=O)N2CCC(C)(C(=O)O)C2)cc1[N+](=O)[O-]. The number of rotatable bonds is 6. The van der Waals surface area contributed by atoms with E-state index < -0.39 is 28.0 Å². The summed E-state index contributed by atoms with van der Waals surface area (Å²) in [7, 11) is 3.33. The van der Waals surface area contributed by atoms with Gasteiger partial charge in [-0.1, -0.05) is 18.2 Å². The lowest BCUT2D eigenvalue weighted by molar-refractivity contribution is -0.384. The van der Waals surface area contributed by atoms with Gasteiger partial charge in [-0.15, -0.1) is 0 Å². The minimum absolute atomic E-state index is 0.0483. The van der Waals surface area contributed by atoms with Crippen molar-refractivity contribution in [1.82, 2.24) is 4.90 Å². The Labute approximate surface area is 179 Å². The molecule has 3 rings (SSSR count). The van der Waals surface area contributed by atoms with Crippen molar-refractivity contribution in [3.8, 4) is 0 Å². The van der Waals surface area contributed by atoms with Gasteiger partial charge in [-0.2, -0.15) is 0 Å². The molecule has 1 N–H and O–H groups in total. The van der Waals surface area contributed by atoms with E-state index in [1.54, 1.807) is 38.1 Å². The van der Waals surface area contributed by atoms with Crippen LogP contribution in [0.1, 0.15) is 39.6 Å². The fraction of sp³-hybridized carbons (Fsp3) is 0.318. The van der Waals surface area contributed by atoms with E-state index in [0.717, 1.165) is 0 Å². The number of anilines is 1. The predicted octanol–water partition coefficient (Wildman–Crippen LogP) is 2.83. The Morgan fingerprint density at radius 2 is 1.77 bits per heavy atom. The number of hydrogen-bond donors (Lipinski definition) is 1. The van der Waals surface area contributed by atoms with Gasteiger partial charge in [0.2, 0.25) is 0 Å². The van der Waals surface area contributed by atoms with E-state index in [4.69, 9.17) is 0 Å². The van der Waals surface area contributed by atoms with E-state index in [-0.39, 0.29) is 35.5 Å². The van der Waals surface area contributed by atoms with Gasteiger partial charge in [0.15, 0.2) is 5.78 Å². The number of ketones is 1. The number of nitro groups is 1. The van der Waals surface area contributed by atoms with Crippen LogP contribution in [-0.2, 0) is 4.79 Å². The molecule has 1 aliphatic heterocycles. The Morgan fingerprint density at radius 3 is 2.32 bits per heavy atom.